The highest BCUT2D eigenvalue weighted by atomic mass is 35.5. The van der Waals surface area contributed by atoms with Gasteiger partial charge in [0, 0.05) is 0 Å². The van der Waals surface area contributed by atoms with Gasteiger partial charge in [0.2, 0.25) is 5.28 Å². The van der Waals surface area contributed by atoms with Crippen LogP contribution in [0.1, 0.15) is 64.8 Å². The van der Waals surface area contributed by atoms with Crippen LogP contribution >= 0.6 is 23.2 Å². The number of fused-ring (bicyclic) bond motifs is 1. The summed E-state index contributed by atoms with van der Waals surface area (Å²) in [6, 6.07) is -0.284. The number of hydrogen-bond donors (Lipinski definition) is 0. The standard InChI is InChI=1S/C16H22Cl2N4O/c1-3-4-5-6-7-8-9-12(11(2)23)22-10-19-15-13(22)14(17)20-16(18)21-15/h10,12H,3-9H2,1-2H3. The quantitative estimate of drug-likeness (QED) is 0.359. The van der Waals surface area contributed by atoms with Crippen molar-refractivity contribution in [1.82, 2.24) is 19.5 Å². The van der Waals surface area contributed by atoms with Gasteiger partial charge in [-0.2, -0.15) is 4.98 Å². The summed E-state index contributed by atoms with van der Waals surface area (Å²) in [5, 5.41) is 0.287. The SMILES string of the molecule is CCCCCCCCC(C(C)=O)n1cnc2nc(Cl)nc(Cl)c21. The van der Waals surface area contributed by atoms with Gasteiger partial charge in [-0.25, -0.2) is 9.97 Å². The van der Waals surface area contributed by atoms with E-state index in [4.69, 9.17) is 23.2 Å². The average Bonchev–Trinajstić information content (AvgIpc) is 2.89. The zero-order valence-electron chi connectivity index (χ0n) is 13.6. The maximum atomic E-state index is 12.1. The Balaban J connectivity index is 2.11. The fourth-order valence-corrected chi connectivity index (χ4v) is 3.24. The van der Waals surface area contributed by atoms with Crippen LogP contribution in [0.4, 0.5) is 0 Å². The maximum absolute atomic E-state index is 12.1. The summed E-state index contributed by atoms with van der Waals surface area (Å²) in [6.45, 7) is 3.80. The van der Waals surface area contributed by atoms with Crippen molar-refractivity contribution in [1.29, 1.82) is 0 Å². The minimum Gasteiger partial charge on any atom is -0.316 e. The van der Waals surface area contributed by atoms with E-state index in [1.54, 1.807) is 17.8 Å². The van der Waals surface area contributed by atoms with Gasteiger partial charge in [-0.3, -0.25) is 4.79 Å². The summed E-state index contributed by atoms with van der Waals surface area (Å²) in [6.07, 6.45) is 9.48. The Morgan fingerprint density at radius 2 is 1.87 bits per heavy atom. The lowest BCUT2D eigenvalue weighted by Gasteiger charge is -2.16. The van der Waals surface area contributed by atoms with Crippen LogP contribution in [-0.4, -0.2) is 25.3 Å². The molecule has 7 heteroatoms. The molecule has 2 heterocycles. The van der Waals surface area contributed by atoms with Gasteiger partial charge in [0.15, 0.2) is 16.6 Å². The fraction of sp³-hybridized carbons (Fsp3) is 0.625. The van der Waals surface area contributed by atoms with Crippen LogP contribution < -0.4 is 0 Å². The first-order valence-electron chi connectivity index (χ1n) is 8.10. The summed E-state index contributed by atoms with van der Waals surface area (Å²) >= 11 is 12.0. The summed E-state index contributed by atoms with van der Waals surface area (Å²) in [7, 11) is 0. The molecule has 0 fully saturated rings. The molecule has 0 radical (unpaired) electrons. The highest BCUT2D eigenvalue weighted by Crippen LogP contribution is 2.27. The number of halogens is 2. The van der Waals surface area contributed by atoms with Crippen molar-refractivity contribution in [2.75, 3.05) is 0 Å². The fourth-order valence-electron chi connectivity index (χ4n) is 2.77. The molecule has 1 atom stereocenters. The Kier molecular flexibility index (Phi) is 6.78. The van der Waals surface area contributed by atoms with E-state index in [9.17, 15) is 4.79 Å². The van der Waals surface area contributed by atoms with E-state index in [1.165, 1.54) is 25.7 Å². The van der Waals surface area contributed by atoms with Crippen LogP contribution in [0.5, 0.6) is 0 Å². The topological polar surface area (TPSA) is 60.7 Å². The van der Waals surface area contributed by atoms with E-state index < -0.39 is 0 Å². The van der Waals surface area contributed by atoms with Gasteiger partial charge in [-0.05, 0) is 24.9 Å². The molecule has 0 saturated carbocycles. The molecule has 0 aliphatic carbocycles. The highest BCUT2D eigenvalue weighted by Gasteiger charge is 2.21. The molecular weight excluding hydrogens is 335 g/mol. The number of rotatable bonds is 9. The predicted molar refractivity (Wildman–Crippen MR) is 93.1 cm³/mol. The Hall–Kier alpha value is -1.20. The lowest BCUT2D eigenvalue weighted by molar-refractivity contribution is -0.120. The van der Waals surface area contributed by atoms with Crippen molar-refractivity contribution in [3.63, 3.8) is 0 Å². The summed E-state index contributed by atoms with van der Waals surface area (Å²) in [5.41, 5.74) is 0.992. The van der Waals surface area contributed by atoms with Crippen molar-refractivity contribution in [2.24, 2.45) is 0 Å². The van der Waals surface area contributed by atoms with Gasteiger partial charge in [0.25, 0.3) is 0 Å². The molecule has 5 nitrogen and oxygen atoms in total. The smallest absolute Gasteiger partial charge is 0.225 e. The van der Waals surface area contributed by atoms with Gasteiger partial charge < -0.3 is 4.57 Å². The van der Waals surface area contributed by atoms with E-state index in [1.807, 2.05) is 0 Å². The van der Waals surface area contributed by atoms with Crippen molar-refractivity contribution < 1.29 is 4.79 Å². The molecule has 0 N–H and O–H groups in total. The number of nitrogens with zero attached hydrogens (tertiary/aromatic N) is 4. The molecule has 126 valence electrons. The minimum atomic E-state index is -0.284. The molecule has 0 spiro atoms. The van der Waals surface area contributed by atoms with Crippen molar-refractivity contribution in [3.05, 3.63) is 16.8 Å². The molecule has 0 aliphatic rings. The van der Waals surface area contributed by atoms with Crippen LogP contribution in [0.25, 0.3) is 11.2 Å². The Morgan fingerprint density at radius 1 is 1.17 bits per heavy atom. The van der Waals surface area contributed by atoms with Crippen LogP contribution in [0.2, 0.25) is 10.4 Å². The molecule has 0 amide bonds. The number of carbonyl (C=O) groups is 1. The van der Waals surface area contributed by atoms with Gasteiger partial charge in [0.05, 0.1) is 12.4 Å². The molecule has 2 aromatic heterocycles. The second kappa shape index (κ2) is 8.60. The third kappa shape index (κ3) is 4.64. The number of hydrogen-bond acceptors (Lipinski definition) is 4. The third-order valence-electron chi connectivity index (χ3n) is 3.99. The van der Waals surface area contributed by atoms with Gasteiger partial charge in [-0.15, -0.1) is 0 Å². The highest BCUT2D eigenvalue weighted by molar-refractivity contribution is 6.35. The molecule has 0 aromatic carbocycles. The second-order valence-electron chi connectivity index (χ2n) is 5.79. The minimum absolute atomic E-state index is 0.0584. The van der Waals surface area contributed by atoms with E-state index in [0.717, 1.165) is 19.3 Å². The normalized spacial score (nSPS) is 12.7. The van der Waals surface area contributed by atoms with E-state index in [0.29, 0.717) is 11.2 Å². The van der Waals surface area contributed by atoms with Crippen molar-refractivity contribution in [2.45, 2.75) is 64.8 Å². The summed E-state index contributed by atoms with van der Waals surface area (Å²) in [5.74, 6) is 0.0869. The first-order chi connectivity index (χ1) is 11.0. The number of Topliss-reactive ketones (excluding diaryl/α,β-unsaturated/α-hetero) is 1. The largest absolute Gasteiger partial charge is 0.316 e. The number of imidazole rings is 1. The zero-order valence-corrected chi connectivity index (χ0v) is 15.1. The molecular formula is C16H22Cl2N4O. The molecule has 2 rings (SSSR count). The lowest BCUT2D eigenvalue weighted by atomic mass is 10.0. The first kappa shape index (κ1) is 18.1. The van der Waals surface area contributed by atoms with Crippen molar-refractivity contribution >= 4 is 40.1 Å². The lowest BCUT2D eigenvalue weighted by Crippen LogP contribution is -2.16. The van der Waals surface area contributed by atoms with Crippen LogP contribution in [-0.2, 0) is 4.79 Å². The van der Waals surface area contributed by atoms with E-state index >= 15 is 0 Å². The van der Waals surface area contributed by atoms with Gasteiger partial charge >= 0.3 is 0 Å². The molecule has 2 aromatic rings. The Bertz CT molecular complexity index is 671. The molecule has 0 saturated heterocycles. The van der Waals surface area contributed by atoms with Crippen molar-refractivity contribution in [3.8, 4) is 0 Å². The molecule has 0 bridgehead atoms. The monoisotopic (exact) mass is 356 g/mol. The van der Waals surface area contributed by atoms with E-state index in [2.05, 4.69) is 21.9 Å². The average molecular weight is 357 g/mol. The maximum Gasteiger partial charge on any atom is 0.225 e. The number of carbonyl (C=O) groups excluding carboxylic acids is 1. The number of ketones is 1. The molecule has 23 heavy (non-hydrogen) atoms. The first-order valence-corrected chi connectivity index (χ1v) is 8.86. The molecule has 1 unspecified atom stereocenters. The predicted octanol–water partition coefficient (Wildman–Crippen LogP) is 5.01. The van der Waals surface area contributed by atoms with Crippen LogP contribution in [0.15, 0.2) is 6.33 Å². The summed E-state index contributed by atoms with van der Waals surface area (Å²) in [4.78, 5) is 24.3. The third-order valence-corrected chi connectivity index (χ3v) is 4.43. The second-order valence-corrected chi connectivity index (χ2v) is 6.49. The van der Waals surface area contributed by atoms with E-state index in [-0.39, 0.29) is 22.3 Å². The van der Waals surface area contributed by atoms with Gasteiger partial charge in [-0.1, -0.05) is 57.0 Å². The summed E-state index contributed by atoms with van der Waals surface area (Å²) < 4.78 is 1.78. The Labute approximate surface area is 146 Å². The van der Waals surface area contributed by atoms with Crippen LogP contribution in [0, 0.1) is 0 Å². The van der Waals surface area contributed by atoms with Crippen LogP contribution in [0.3, 0.4) is 0 Å². The zero-order chi connectivity index (χ0) is 16.8. The van der Waals surface area contributed by atoms with Gasteiger partial charge in [0.1, 0.15) is 5.52 Å². The molecule has 0 aliphatic heterocycles. The number of aromatic nitrogens is 4. The number of unbranched alkanes of at least 4 members (excludes halogenated alkanes) is 5. The Morgan fingerprint density at radius 3 is 2.57 bits per heavy atom.